The van der Waals surface area contributed by atoms with E-state index in [1.54, 1.807) is 30.6 Å². The molecule has 0 aliphatic rings. The number of aliphatic carboxylic acids is 1. The second-order valence-electron chi connectivity index (χ2n) is 10.4. The zero-order valence-corrected chi connectivity index (χ0v) is 26.5. The van der Waals surface area contributed by atoms with E-state index in [2.05, 4.69) is 15.3 Å². The summed E-state index contributed by atoms with van der Waals surface area (Å²) in [7, 11) is 0. The van der Waals surface area contributed by atoms with Gasteiger partial charge in [-0.2, -0.15) is 0 Å². The molecule has 4 aromatic rings. The minimum absolute atomic E-state index is 0. The third-order valence-corrected chi connectivity index (χ3v) is 6.92. The van der Waals surface area contributed by atoms with E-state index >= 15 is 0 Å². The number of halogens is 1. The number of hydrogen-bond donors (Lipinski definition) is 3. The molecule has 0 bridgehead atoms. The predicted molar refractivity (Wildman–Crippen MR) is 153 cm³/mol. The maximum absolute atomic E-state index is 14.0. The molecule has 9 nitrogen and oxygen atoms in total. The van der Waals surface area contributed by atoms with Gasteiger partial charge in [0.15, 0.2) is 0 Å². The monoisotopic (exact) mass is 596 g/mol. The van der Waals surface area contributed by atoms with E-state index in [9.17, 15) is 29.3 Å². The van der Waals surface area contributed by atoms with Gasteiger partial charge >= 0.3 is 29.6 Å². The van der Waals surface area contributed by atoms with Gasteiger partial charge in [-0.25, -0.2) is 14.4 Å². The fourth-order valence-electron chi connectivity index (χ4n) is 5.17. The summed E-state index contributed by atoms with van der Waals surface area (Å²) in [5.74, 6) is -1.70. The summed E-state index contributed by atoms with van der Waals surface area (Å²) in [5, 5.41) is 34.5. The number of nitrogens with one attached hydrogen (secondary N) is 1. The van der Waals surface area contributed by atoms with E-state index in [4.69, 9.17) is 0 Å². The Morgan fingerprint density at radius 1 is 0.930 bits per heavy atom. The van der Waals surface area contributed by atoms with Crippen LogP contribution >= 0.6 is 0 Å². The van der Waals surface area contributed by atoms with Crippen LogP contribution in [0.25, 0.3) is 22.3 Å². The maximum Gasteiger partial charge on any atom is 1.00 e. The first-order valence-corrected chi connectivity index (χ1v) is 13.8. The predicted octanol–water partition coefficient (Wildman–Crippen LogP) is 0.451. The fourth-order valence-corrected chi connectivity index (χ4v) is 5.17. The molecule has 0 saturated carbocycles. The fraction of sp³-hybridized carbons (Fsp3) is 0.312. The van der Waals surface area contributed by atoms with Gasteiger partial charge in [0.1, 0.15) is 17.3 Å². The van der Waals surface area contributed by atoms with Crippen molar-refractivity contribution in [1.82, 2.24) is 19.9 Å². The van der Waals surface area contributed by atoms with Crippen molar-refractivity contribution >= 4 is 11.9 Å². The van der Waals surface area contributed by atoms with Crippen molar-refractivity contribution in [2.75, 3.05) is 0 Å². The van der Waals surface area contributed by atoms with Gasteiger partial charge < -0.3 is 30.0 Å². The van der Waals surface area contributed by atoms with Crippen LogP contribution in [-0.4, -0.2) is 48.8 Å². The molecule has 1 amide bonds. The molecule has 11 heteroatoms. The van der Waals surface area contributed by atoms with Gasteiger partial charge in [0.25, 0.3) is 5.91 Å². The molecule has 2 aromatic carbocycles. The molecule has 2 heterocycles. The van der Waals surface area contributed by atoms with Crippen molar-refractivity contribution in [1.29, 1.82) is 0 Å². The summed E-state index contributed by atoms with van der Waals surface area (Å²) in [5.41, 5.74) is 3.99. The van der Waals surface area contributed by atoms with Crippen LogP contribution in [0.1, 0.15) is 61.2 Å². The van der Waals surface area contributed by atoms with Gasteiger partial charge in [0, 0.05) is 47.6 Å². The molecule has 4 rings (SSSR count). The van der Waals surface area contributed by atoms with Gasteiger partial charge in [-0.1, -0.05) is 42.5 Å². The van der Waals surface area contributed by atoms with Crippen molar-refractivity contribution in [3.63, 3.8) is 0 Å². The zero-order chi connectivity index (χ0) is 30.2. The molecule has 0 radical (unpaired) electrons. The number of rotatable bonds is 13. The molecular weight excluding hydrogens is 562 g/mol. The molecule has 0 spiro atoms. The number of aliphatic hydroxyl groups excluding tert-OH is 2. The maximum atomic E-state index is 14.0. The SMILES string of the molecule is CC(C)n1c(CC[C@@H](O)C[C@@H](O)CC(=O)[O-])c(-c2ccc(F)cc2)c(-c2ccccc2)c1C(=O)NCc1ncccn1.[Na+]. The molecule has 0 fully saturated rings. The van der Waals surface area contributed by atoms with Crippen molar-refractivity contribution < 1.29 is 58.9 Å². The average Bonchev–Trinajstić information content (AvgIpc) is 3.31. The molecule has 220 valence electrons. The van der Waals surface area contributed by atoms with E-state index in [0.29, 0.717) is 29.1 Å². The molecular formula is C32H34FN4NaO5. The Bertz CT molecular complexity index is 1500. The molecule has 0 aliphatic carbocycles. The van der Waals surface area contributed by atoms with Crippen molar-refractivity contribution in [2.45, 2.75) is 64.3 Å². The molecule has 0 unspecified atom stereocenters. The molecule has 0 aliphatic heterocycles. The number of nitrogens with zero attached hydrogens (tertiary/aromatic N) is 3. The summed E-state index contributed by atoms with van der Waals surface area (Å²) in [6.07, 6.45) is 0.692. The molecule has 2 atom stereocenters. The smallest absolute Gasteiger partial charge is 0.550 e. The second-order valence-corrected chi connectivity index (χ2v) is 10.4. The Kier molecular flexibility index (Phi) is 12.6. The van der Waals surface area contributed by atoms with E-state index in [1.165, 1.54) is 12.1 Å². The first-order valence-electron chi connectivity index (χ1n) is 13.8. The molecule has 2 aromatic heterocycles. The van der Waals surface area contributed by atoms with Crippen molar-refractivity contribution in [2.24, 2.45) is 0 Å². The number of aliphatic hydroxyl groups is 2. The van der Waals surface area contributed by atoms with Crippen LogP contribution < -0.4 is 40.0 Å². The molecule has 3 N–H and O–H groups in total. The Labute approximate surface area is 272 Å². The van der Waals surface area contributed by atoms with E-state index in [1.807, 2.05) is 48.7 Å². The van der Waals surface area contributed by atoms with Gasteiger partial charge in [0.05, 0.1) is 18.8 Å². The Balaban J connectivity index is 0.00000506. The quantitative estimate of drug-likeness (QED) is 0.191. The zero-order valence-electron chi connectivity index (χ0n) is 24.5. The van der Waals surface area contributed by atoms with Gasteiger partial charge in [-0.15, -0.1) is 0 Å². The van der Waals surface area contributed by atoms with Crippen LogP contribution in [0.3, 0.4) is 0 Å². The van der Waals surface area contributed by atoms with Crippen LogP contribution in [0.4, 0.5) is 4.39 Å². The summed E-state index contributed by atoms with van der Waals surface area (Å²) in [6.45, 7) is 4.00. The number of carbonyl (C=O) groups excluding carboxylic acids is 2. The summed E-state index contributed by atoms with van der Waals surface area (Å²) >= 11 is 0. The van der Waals surface area contributed by atoms with Crippen LogP contribution in [-0.2, 0) is 17.8 Å². The third kappa shape index (κ3) is 8.81. The minimum atomic E-state index is -1.40. The van der Waals surface area contributed by atoms with Crippen molar-refractivity contribution in [3.05, 3.63) is 96.1 Å². The molecule has 43 heavy (non-hydrogen) atoms. The van der Waals surface area contributed by atoms with Gasteiger partial charge in [0.2, 0.25) is 0 Å². The van der Waals surface area contributed by atoms with E-state index in [-0.39, 0.29) is 60.9 Å². The molecule has 0 saturated heterocycles. The first-order chi connectivity index (χ1) is 20.2. The normalized spacial score (nSPS) is 12.4. The minimum Gasteiger partial charge on any atom is -0.550 e. The van der Waals surface area contributed by atoms with Crippen LogP contribution in [0, 0.1) is 5.82 Å². The number of amides is 1. The summed E-state index contributed by atoms with van der Waals surface area (Å²) < 4.78 is 15.9. The third-order valence-electron chi connectivity index (χ3n) is 6.92. The average molecular weight is 597 g/mol. The summed E-state index contributed by atoms with van der Waals surface area (Å²) in [6, 6.07) is 17.0. The Morgan fingerprint density at radius 3 is 2.16 bits per heavy atom. The van der Waals surface area contributed by atoms with Crippen LogP contribution in [0.2, 0.25) is 0 Å². The number of benzene rings is 2. The van der Waals surface area contributed by atoms with E-state index in [0.717, 1.165) is 16.8 Å². The largest absolute Gasteiger partial charge is 1.00 e. The van der Waals surface area contributed by atoms with Crippen LogP contribution in [0.15, 0.2) is 73.1 Å². The summed E-state index contributed by atoms with van der Waals surface area (Å²) in [4.78, 5) is 33.2. The van der Waals surface area contributed by atoms with E-state index < -0.39 is 30.4 Å². The topological polar surface area (TPSA) is 140 Å². The number of carboxylic acids is 1. The van der Waals surface area contributed by atoms with Gasteiger partial charge in [-0.3, -0.25) is 4.79 Å². The van der Waals surface area contributed by atoms with Crippen LogP contribution in [0.5, 0.6) is 0 Å². The number of aromatic nitrogens is 3. The number of carboxylic acid groups (broad SMARTS) is 1. The number of hydrogen-bond acceptors (Lipinski definition) is 7. The first kappa shape index (κ1) is 34.1. The number of carbonyl (C=O) groups is 2. The van der Waals surface area contributed by atoms with Crippen molar-refractivity contribution in [3.8, 4) is 22.3 Å². The second kappa shape index (κ2) is 15.9. The Morgan fingerprint density at radius 2 is 1.56 bits per heavy atom. The Hall–Kier alpha value is -3.41. The standard InChI is InChI=1S/C32H35FN4O5.Na/c1-20(2)37-26(14-13-24(38)17-25(39)18-28(40)41)29(22-9-11-23(33)12-10-22)30(21-7-4-3-5-8-21)31(37)32(42)36-19-27-34-15-6-16-35-27;/h3-12,15-16,20,24-25,38-39H,13-14,17-19H2,1-2H3,(H,36,42)(H,40,41);/q;+1/p-1/t24-,25-;/m1./s1. The van der Waals surface area contributed by atoms with Gasteiger partial charge in [-0.05, 0) is 62.4 Å².